The molecule has 0 fully saturated rings. The number of ketones is 1. The number of benzene rings is 2. The fourth-order valence-corrected chi connectivity index (χ4v) is 2.63. The molecule has 0 unspecified atom stereocenters. The number of hydrogen-bond donors (Lipinski definition) is 1. The highest BCUT2D eigenvalue weighted by Crippen LogP contribution is 2.16. The van der Waals surface area contributed by atoms with Gasteiger partial charge in [0.1, 0.15) is 5.82 Å². The number of amides is 1. The molecular weight excluding hydrogens is 369 g/mol. The zero-order valence-electron chi connectivity index (χ0n) is 15.0. The summed E-state index contributed by atoms with van der Waals surface area (Å²) in [5, 5.41) is 2.52. The third-order valence-corrected chi connectivity index (χ3v) is 4.50. The fourth-order valence-electron chi connectivity index (χ4n) is 2.22. The molecule has 1 atom stereocenters. The van der Waals surface area contributed by atoms with Gasteiger partial charge in [-0.2, -0.15) is 0 Å². The largest absolute Gasteiger partial charge is 0.453 e. The number of carbonyl (C=O) groups is 3. The molecule has 0 bridgehead atoms. The summed E-state index contributed by atoms with van der Waals surface area (Å²) in [6, 6.07) is 12.4. The Labute approximate surface area is 161 Å². The van der Waals surface area contributed by atoms with Gasteiger partial charge in [0.25, 0.3) is 5.91 Å². The van der Waals surface area contributed by atoms with E-state index in [0.717, 1.165) is 4.90 Å². The molecule has 5 nitrogen and oxygen atoms in total. The van der Waals surface area contributed by atoms with E-state index in [9.17, 15) is 18.8 Å². The second-order valence-electron chi connectivity index (χ2n) is 5.78. The maximum Gasteiger partial charge on any atom is 0.307 e. The molecule has 142 valence electrons. The van der Waals surface area contributed by atoms with Gasteiger partial charge in [-0.15, -0.1) is 11.8 Å². The predicted octanol–water partition coefficient (Wildman–Crippen LogP) is 4.08. The first-order valence-corrected chi connectivity index (χ1v) is 9.54. The number of hydrogen-bond acceptors (Lipinski definition) is 5. The van der Waals surface area contributed by atoms with Crippen molar-refractivity contribution in [3.63, 3.8) is 0 Å². The van der Waals surface area contributed by atoms with E-state index in [-0.39, 0.29) is 18.6 Å². The van der Waals surface area contributed by atoms with Gasteiger partial charge in [0.05, 0.1) is 6.42 Å². The first kappa shape index (κ1) is 20.6. The van der Waals surface area contributed by atoms with E-state index in [0.29, 0.717) is 11.3 Å². The Hall–Kier alpha value is -2.67. The zero-order chi connectivity index (χ0) is 19.8. The van der Waals surface area contributed by atoms with E-state index in [1.807, 2.05) is 18.4 Å². The van der Waals surface area contributed by atoms with Crippen molar-refractivity contribution in [2.24, 2.45) is 0 Å². The van der Waals surface area contributed by atoms with Gasteiger partial charge >= 0.3 is 5.97 Å². The van der Waals surface area contributed by atoms with Crippen LogP contribution in [0.4, 0.5) is 10.1 Å². The number of ether oxygens (including phenoxy) is 1. The summed E-state index contributed by atoms with van der Waals surface area (Å²) in [7, 11) is 0. The first-order chi connectivity index (χ1) is 12.9. The van der Waals surface area contributed by atoms with Crippen LogP contribution < -0.4 is 5.32 Å². The van der Waals surface area contributed by atoms with Crippen LogP contribution in [0.25, 0.3) is 0 Å². The molecule has 2 aromatic carbocycles. The van der Waals surface area contributed by atoms with Crippen molar-refractivity contribution in [2.45, 2.75) is 30.8 Å². The fraction of sp³-hybridized carbons (Fsp3) is 0.250. The number of nitrogens with one attached hydrogen (secondary N) is 1. The molecule has 0 aliphatic heterocycles. The molecule has 1 amide bonds. The van der Waals surface area contributed by atoms with Crippen LogP contribution in [-0.4, -0.2) is 30.0 Å². The van der Waals surface area contributed by atoms with Crippen molar-refractivity contribution in [1.82, 2.24) is 0 Å². The number of anilines is 1. The van der Waals surface area contributed by atoms with Crippen molar-refractivity contribution >= 4 is 35.1 Å². The number of esters is 1. The summed E-state index contributed by atoms with van der Waals surface area (Å²) in [5.41, 5.74) is 0.927. The number of rotatable bonds is 8. The SMILES string of the molecule is CSc1ccc(C(=O)CCC(=O)O[C@@H](C)C(=O)Nc2ccc(F)cc2)cc1. The lowest BCUT2D eigenvalue weighted by molar-refractivity contribution is -0.153. The Balaban J connectivity index is 1.78. The van der Waals surface area contributed by atoms with Crippen molar-refractivity contribution in [3.05, 3.63) is 59.9 Å². The lowest BCUT2D eigenvalue weighted by Crippen LogP contribution is -2.30. The predicted molar refractivity (Wildman–Crippen MR) is 102 cm³/mol. The number of thioether (sulfide) groups is 1. The maximum absolute atomic E-state index is 12.9. The summed E-state index contributed by atoms with van der Waals surface area (Å²) >= 11 is 1.58. The molecule has 0 aliphatic rings. The molecule has 27 heavy (non-hydrogen) atoms. The highest BCUT2D eigenvalue weighted by Gasteiger charge is 2.19. The number of Topliss-reactive ketones (excluding diaryl/α,β-unsaturated/α-hetero) is 1. The molecule has 1 N–H and O–H groups in total. The summed E-state index contributed by atoms with van der Waals surface area (Å²) in [6.45, 7) is 1.43. The molecule has 0 saturated heterocycles. The van der Waals surface area contributed by atoms with Gasteiger partial charge in [0, 0.05) is 22.6 Å². The van der Waals surface area contributed by atoms with Crippen LogP contribution in [0.3, 0.4) is 0 Å². The van der Waals surface area contributed by atoms with Crippen LogP contribution >= 0.6 is 11.8 Å². The Morgan fingerprint density at radius 3 is 2.26 bits per heavy atom. The van der Waals surface area contributed by atoms with Crippen LogP contribution in [0.2, 0.25) is 0 Å². The topological polar surface area (TPSA) is 72.5 Å². The molecule has 0 saturated carbocycles. The third kappa shape index (κ3) is 6.53. The van der Waals surface area contributed by atoms with Gasteiger partial charge in [-0.25, -0.2) is 4.39 Å². The smallest absolute Gasteiger partial charge is 0.307 e. The summed E-state index contributed by atoms with van der Waals surface area (Å²) < 4.78 is 17.9. The van der Waals surface area contributed by atoms with Gasteiger partial charge in [-0.1, -0.05) is 12.1 Å². The minimum Gasteiger partial charge on any atom is -0.453 e. The normalized spacial score (nSPS) is 11.5. The Morgan fingerprint density at radius 1 is 1.04 bits per heavy atom. The van der Waals surface area contributed by atoms with E-state index >= 15 is 0 Å². The molecular formula is C20H20FNO4S. The van der Waals surface area contributed by atoms with Crippen molar-refractivity contribution < 1.29 is 23.5 Å². The Bertz CT molecular complexity index is 806. The summed E-state index contributed by atoms with van der Waals surface area (Å²) in [4.78, 5) is 37.0. The van der Waals surface area contributed by atoms with Crippen LogP contribution in [0.5, 0.6) is 0 Å². The molecule has 0 heterocycles. The van der Waals surface area contributed by atoms with Crippen LogP contribution in [0.15, 0.2) is 53.4 Å². The minimum absolute atomic E-state index is 0.00372. The monoisotopic (exact) mass is 389 g/mol. The average molecular weight is 389 g/mol. The van der Waals surface area contributed by atoms with Crippen molar-refractivity contribution in [3.8, 4) is 0 Å². The average Bonchev–Trinajstić information content (AvgIpc) is 2.67. The van der Waals surface area contributed by atoms with Crippen LogP contribution in [0, 0.1) is 5.82 Å². The highest BCUT2D eigenvalue weighted by atomic mass is 32.2. The number of carbonyl (C=O) groups excluding carboxylic acids is 3. The van der Waals surface area contributed by atoms with Crippen molar-refractivity contribution in [2.75, 3.05) is 11.6 Å². The van der Waals surface area contributed by atoms with E-state index < -0.39 is 23.8 Å². The molecule has 0 radical (unpaired) electrons. The molecule has 0 spiro atoms. The standard InChI is InChI=1S/C20H20FNO4S/c1-13(20(25)22-16-7-5-15(21)6-8-16)26-19(24)12-11-18(23)14-3-9-17(27-2)10-4-14/h3-10,13H,11-12H2,1-2H3,(H,22,25)/t13-/m0/s1. The quantitative estimate of drug-likeness (QED) is 0.418. The summed E-state index contributed by atoms with van der Waals surface area (Å²) in [6.07, 6.45) is 0.805. The van der Waals surface area contributed by atoms with Gasteiger partial charge in [-0.05, 0) is 49.6 Å². The zero-order valence-corrected chi connectivity index (χ0v) is 15.8. The molecule has 2 aromatic rings. The van der Waals surface area contributed by atoms with E-state index in [1.54, 1.807) is 23.9 Å². The molecule has 0 aromatic heterocycles. The van der Waals surface area contributed by atoms with E-state index in [4.69, 9.17) is 4.74 Å². The van der Waals surface area contributed by atoms with Gasteiger partial charge in [0.15, 0.2) is 11.9 Å². The molecule has 2 rings (SSSR count). The minimum atomic E-state index is -1.03. The van der Waals surface area contributed by atoms with Gasteiger partial charge in [-0.3, -0.25) is 14.4 Å². The Morgan fingerprint density at radius 2 is 1.67 bits per heavy atom. The van der Waals surface area contributed by atoms with Crippen LogP contribution in [0.1, 0.15) is 30.1 Å². The van der Waals surface area contributed by atoms with Gasteiger partial charge < -0.3 is 10.1 Å². The third-order valence-electron chi connectivity index (χ3n) is 3.76. The van der Waals surface area contributed by atoms with Crippen molar-refractivity contribution in [1.29, 1.82) is 0 Å². The molecule has 7 heteroatoms. The summed E-state index contributed by atoms with van der Waals surface area (Å²) in [5.74, 6) is -1.75. The number of halogens is 1. The lowest BCUT2D eigenvalue weighted by atomic mass is 10.1. The van der Waals surface area contributed by atoms with E-state index in [1.165, 1.54) is 31.2 Å². The Kier molecular flexibility index (Phi) is 7.55. The second kappa shape index (κ2) is 9.87. The van der Waals surface area contributed by atoms with E-state index in [2.05, 4.69) is 5.32 Å². The maximum atomic E-state index is 12.9. The highest BCUT2D eigenvalue weighted by molar-refractivity contribution is 7.98. The molecule has 0 aliphatic carbocycles. The lowest BCUT2D eigenvalue weighted by Gasteiger charge is -2.13. The first-order valence-electron chi connectivity index (χ1n) is 8.32. The van der Waals surface area contributed by atoms with Crippen LogP contribution in [-0.2, 0) is 14.3 Å². The second-order valence-corrected chi connectivity index (χ2v) is 6.66. The van der Waals surface area contributed by atoms with Gasteiger partial charge in [0.2, 0.25) is 0 Å².